The Bertz CT molecular complexity index is 941. The fraction of sp³-hybridized carbons (Fsp3) is 0.360. The zero-order valence-corrected chi connectivity index (χ0v) is 18.5. The monoisotopic (exact) mass is 418 g/mol. The van der Waals surface area contributed by atoms with Gasteiger partial charge < -0.3 is 19.4 Å². The third-order valence-corrected chi connectivity index (χ3v) is 5.48. The first-order valence-electron chi connectivity index (χ1n) is 10.6. The minimum absolute atomic E-state index is 0.00755. The minimum atomic E-state index is -0.228. The van der Waals surface area contributed by atoms with Gasteiger partial charge in [-0.25, -0.2) is 0 Å². The molecular formula is C25H30N4O2. The Morgan fingerprint density at radius 3 is 2.35 bits per heavy atom. The average Bonchev–Trinajstić information content (AvgIpc) is 2.81. The number of benzene rings is 2. The molecule has 0 unspecified atom stereocenters. The second-order valence-electron chi connectivity index (χ2n) is 7.86. The number of ether oxygens (including phenoxy) is 1. The van der Waals surface area contributed by atoms with Crippen molar-refractivity contribution in [2.75, 3.05) is 38.2 Å². The van der Waals surface area contributed by atoms with E-state index in [0.29, 0.717) is 6.54 Å². The van der Waals surface area contributed by atoms with Crippen LogP contribution in [0.25, 0.3) is 0 Å². The Labute approximate surface area is 184 Å². The maximum absolute atomic E-state index is 13.1. The number of hydrogen-bond acceptors (Lipinski definition) is 5. The number of carbonyl (C=O) groups excluding carboxylic acids is 1. The van der Waals surface area contributed by atoms with E-state index in [4.69, 9.17) is 4.74 Å². The molecule has 2 aromatic rings. The summed E-state index contributed by atoms with van der Waals surface area (Å²) >= 11 is 0. The number of anilines is 1. The van der Waals surface area contributed by atoms with Crippen molar-refractivity contribution in [2.45, 2.75) is 26.4 Å². The number of carbonyl (C=O) groups is 1. The van der Waals surface area contributed by atoms with Gasteiger partial charge in [0.15, 0.2) is 0 Å². The van der Waals surface area contributed by atoms with Crippen molar-refractivity contribution in [2.24, 2.45) is 0 Å². The fourth-order valence-electron chi connectivity index (χ4n) is 3.72. The van der Waals surface area contributed by atoms with Crippen molar-refractivity contribution in [3.05, 3.63) is 71.9 Å². The minimum Gasteiger partial charge on any atom is -0.495 e. The summed E-state index contributed by atoms with van der Waals surface area (Å²) < 4.78 is 5.48. The summed E-state index contributed by atoms with van der Waals surface area (Å²) in [6.45, 7) is 7.48. The van der Waals surface area contributed by atoms with Crippen LogP contribution in [0.5, 0.6) is 5.75 Å². The fourth-order valence-corrected chi connectivity index (χ4v) is 3.72. The average molecular weight is 419 g/mol. The first kappa shape index (κ1) is 22.2. The molecule has 1 aliphatic rings. The van der Waals surface area contributed by atoms with Crippen molar-refractivity contribution in [1.82, 2.24) is 9.80 Å². The van der Waals surface area contributed by atoms with Gasteiger partial charge in [-0.1, -0.05) is 42.5 Å². The molecule has 162 valence electrons. The predicted octanol–water partition coefficient (Wildman–Crippen LogP) is 3.66. The van der Waals surface area contributed by atoms with E-state index in [1.165, 1.54) is 0 Å². The van der Waals surface area contributed by atoms with Crippen LogP contribution >= 0.6 is 0 Å². The van der Waals surface area contributed by atoms with Gasteiger partial charge in [0.2, 0.25) is 0 Å². The Morgan fingerprint density at radius 1 is 1.10 bits per heavy atom. The lowest BCUT2D eigenvalue weighted by Gasteiger charge is -2.36. The topological polar surface area (TPSA) is 59.8 Å². The lowest BCUT2D eigenvalue weighted by molar-refractivity contribution is -0.129. The maximum atomic E-state index is 13.1. The number of nitrogens with zero attached hydrogens (tertiary/aromatic N) is 4. The summed E-state index contributed by atoms with van der Waals surface area (Å²) in [6.07, 6.45) is 1.72. The van der Waals surface area contributed by atoms with Crippen LogP contribution in [0.1, 0.15) is 19.4 Å². The van der Waals surface area contributed by atoms with E-state index in [2.05, 4.69) is 21.9 Å². The highest BCUT2D eigenvalue weighted by Crippen LogP contribution is 2.28. The second-order valence-corrected chi connectivity index (χ2v) is 7.86. The molecule has 0 bridgehead atoms. The van der Waals surface area contributed by atoms with Gasteiger partial charge >= 0.3 is 0 Å². The van der Waals surface area contributed by atoms with E-state index in [9.17, 15) is 10.1 Å². The van der Waals surface area contributed by atoms with Crippen LogP contribution in [0.3, 0.4) is 0 Å². The molecule has 31 heavy (non-hydrogen) atoms. The molecule has 0 atom stereocenters. The highest BCUT2D eigenvalue weighted by atomic mass is 16.5. The third kappa shape index (κ3) is 5.58. The van der Waals surface area contributed by atoms with Crippen LogP contribution in [0.4, 0.5) is 5.69 Å². The standard InChI is InChI=1S/C25H30N4O2/c1-20(2)29(18-21-9-5-4-6-10-21)25(30)22(17-26)19-27-13-15-28(16-14-27)23-11-7-8-12-24(23)31-3/h4-12,19-20H,13-16,18H2,1-3H3/b22-19-. The molecule has 6 heteroatoms. The number of rotatable bonds is 7. The summed E-state index contributed by atoms with van der Waals surface area (Å²) in [4.78, 5) is 19.2. The van der Waals surface area contributed by atoms with E-state index in [1.54, 1.807) is 18.2 Å². The van der Waals surface area contributed by atoms with Crippen molar-refractivity contribution < 1.29 is 9.53 Å². The van der Waals surface area contributed by atoms with Gasteiger partial charge in [-0.3, -0.25) is 4.79 Å². The molecule has 0 radical (unpaired) electrons. The number of methoxy groups -OCH3 is 1. The molecule has 1 amide bonds. The van der Waals surface area contributed by atoms with Gasteiger partial charge in [0.25, 0.3) is 5.91 Å². The van der Waals surface area contributed by atoms with E-state index in [-0.39, 0.29) is 17.5 Å². The molecule has 1 saturated heterocycles. The smallest absolute Gasteiger partial charge is 0.266 e. The Hall–Kier alpha value is -3.46. The summed E-state index contributed by atoms with van der Waals surface area (Å²) in [5.74, 6) is 0.626. The number of para-hydroxylation sites is 2. The van der Waals surface area contributed by atoms with Gasteiger partial charge in [-0.2, -0.15) is 5.26 Å². The Kier molecular flexibility index (Phi) is 7.55. The highest BCUT2D eigenvalue weighted by molar-refractivity contribution is 5.97. The summed E-state index contributed by atoms with van der Waals surface area (Å²) in [6, 6.07) is 20.0. The molecule has 0 aromatic heterocycles. The van der Waals surface area contributed by atoms with Crippen molar-refractivity contribution in [3.8, 4) is 11.8 Å². The molecule has 6 nitrogen and oxygen atoms in total. The number of piperazine rings is 1. The van der Waals surface area contributed by atoms with Crippen LogP contribution in [-0.2, 0) is 11.3 Å². The second kappa shape index (κ2) is 10.5. The first-order valence-corrected chi connectivity index (χ1v) is 10.6. The van der Waals surface area contributed by atoms with Crippen LogP contribution < -0.4 is 9.64 Å². The molecule has 0 aliphatic carbocycles. The van der Waals surface area contributed by atoms with Gasteiger partial charge in [-0.05, 0) is 31.5 Å². The van der Waals surface area contributed by atoms with Gasteiger partial charge in [0.05, 0.1) is 12.8 Å². The zero-order valence-electron chi connectivity index (χ0n) is 18.5. The van der Waals surface area contributed by atoms with E-state index in [1.807, 2.05) is 62.4 Å². The summed E-state index contributed by atoms with van der Waals surface area (Å²) in [5, 5.41) is 9.70. The summed E-state index contributed by atoms with van der Waals surface area (Å²) in [7, 11) is 1.68. The molecule has 0 spiro atoms. The predicted molar refractivity (Wildman–Crippen MR) is 123 cm³/mol. The lowest BCUT2D eigenvalue weighted by Crippen LogP contribution is -2.45. The number of nitriles is 1. The van der Waals surface area contributed by atoms with E-state index >= 15 is 0 Å². The Morgan fingerprint density at radius 2 is 1.74 bits per heavy atom. The molecule has 0 saturated carbocycles. The van der Waals surface area contributed by atoms with Crippen LogP contribution in [0, 0.1) is 11.3 Å². The largest absolute Gasteiger partial charge is 0.495 e. The van der Waals surface area contributed by atoms with E-state index in [0.717, 1.165) is 43.2 Å². The SMILES string of the molecule is COc1ccccc1N1CCN(/C=C(/C#N)C(=O)N(Cc2ccccc2)C(C)C)CC1. The maximum Gasteiger partial charge on any atom is 0.266 e. The lowest BCUT2D eigenvalue weighted by atomic mass is 10.1. The highest BCUT2D eigenvalue weighted by Gasteiger charge is 2.24. The molecule has 3 rings (SSSR count). The molecule has 1 heterocycles. The van der Waals surface area contributed by atoms with Crippen LogP contribution in [0.2, 0.25) is 0 Å². The molecule has 1 aliphatic heterocycles. The Balaban J connectivity index is 1.68. The molecule has 1 fully saturated rings. The molecule has 2 aromatic carbocycles. The number of amides is 1. The third-order valence-electron chi connectivity index (χ3n) is 5.48. The quantitative estimate of drug-likeness (QED) is 0.507. The van der Waals surface area contributed by atoms with Crippen molar-refractivity contribution in [3.63, 3.8) is 0 Å². The van der Waals surface area contributed by atoms with Crippen molar-refractivity contribution >= 4 is 11.6 Å². The van der Waals surface area contributed by atoms with Gasteiger partial charge in [-0.15, -0.1) is 0 Å². The van der Waals surface area contributed by atoms with E-state index < -0.39 is 0 Å². The molecular weight excluding hydrogens is 388 g/mol. The summed E-state index contributed by atoms with van der Waals surface area (Å²) in [5.41, 5.74) is 2.29. The van der Waals surface area contributed by atoms with Gasteiger partial charge in [0, 0.05) is 45.0 Å². The van der Waals surface area contributed by atoms with Gasteiger partial charge in [0.1, 0.15) is 17.4 Å². The van der Waals surface area contributed by atoms with Crippen molar-refractivity contribution in [1.29, 1.82) is 5.26 Å². The zero-order chi connectivity index (χ0) is 22.2. The first-order chi connectivity index (χ1) is 15.0. The normalized spacial score (nSPS) is 14.4. The molecule has 0 N–H and O–H groups in total. The number of hydrogen-bond donors (Lipinski definition) is 0. The van der Waals surface area contributed by atoms with Crippen LogP contribution in [-0.4, -0.2) is 55.0 Å². The van der Waals surface area contributed by atoms with Crippen LogP contribution in [0.15, 0.2) is 66.4 Å².